The van der Waals surface area contributed by atoms with Crippen molar-refractivity contribution in [2.75, 3.05) is 52.2 Å². The fourth-order valence-electron chi connectivity index (χ4n) is 5.72. The van der Waals surface area contributed by atoms with E-state index in [0.717, 1.165) is 30.7 Å². The lowest BCUT2D eigenvalue weighted by Gasteiger charge is -2.15. The lowest BCUT2D eigenvalue weighted by atomic mass is 10.1. The number of benzene rings is 1. The predicted octanol–water partition coefficient (Wildman–Crippen LogP) is 4.74. The highest BCUT2D eigenvalue weighted by Gasteiger charge is 2.19. The number of ether oxygens (including phenoxy) is 1. The van der Waals surface area contributed by atoms with Crippen molar-refractivity contribution in [3.63, 3.8) is 0 Å². The van der Waals surface area contributed by atoms with Crippen molar-refractivity contribution in [1.82, 2.24) is 44.9 Å². The molecule has 234 valence electrons. The van der Waals surface area contributed by atoms with Gasteiger partial charge < -0.3 is 19.9 Å². The van der Waals surface area contributed by atoms with Crippen molar-refractivity contribution in [1.29, 1.82) is 0 Å². The molecule has 12 nitrogen and oxygen atoms in total. The monoisotopic (exact) mass is 620 g/mol. The molecule has 0 unspecified atom stereocenters. The van der Waals surface area contributed by atoms with E-state index in [1.165, 1.54) is 25.0 Å². The van der Waals surface area contributed by atoms with Crippen LogP contribution in [-0.4, -0.2) is 97.7 Å². The number of rotatable bonds is 10. The summed E-state index contributed by atoms with van der Waals surface area (Å²) in [4.78, 5) is 38.2. The SMILES string of the molecule is CN(C)CC(=O)Nc1cncc(-c2ccc3[nH]nc(-c4nc5c(-c6cc(F)cc(OCCN7CCCC7)c6)ccnc5[nH]4)c3n2)c1. The maximum Gasteiger partial charge on any atom is 0.238 e. The summed E-state index contributed by atoms with van der Waals surface area (Å²) in [5.74, 6) is 0.412. The molecule has 1 fully saturated rings. The summed E-state index contributed by atoms with van der Waals surface area (Å²) in [5, 5.41) is 10.4. The van der Waals surface area contributed by atoms with Crippen molar-refractivity contribution >= 4 is 33.8 Å². The summed E-state index contributed by atoms with van der Waals surface area (Å²) >= 11 is 0. The van der Waals surface area contributed by atoms with Crippen molar-refractivity contribution < 1.29 is 13.9 Å². The van der Waals surface area contributed by atoms with Gasteiger partial charge in [0.15, 0.2) is 17.2 Å². The quantitative estimate of drug-likeness (QED) is 0.198. The number of fused-ring (bicyclic) bond motifs is 2. The number of carbonyl (C=O) groups is 1. The Balaban J connectivity index is 1.18. The normalized spacial score (nSPS) is 13.7. The fourth-order valence-corrected chi connectivity index (χ4v) is 5.72. The smallest absolute Gasteiger partial charge is 0.238 e. The van der Waals surface area contributed by atoms with Crippen LogP contribution in [0.2, 0.25) is 0 Å². The van der Waals surface area contributed by atoms with E-state index in [2.05, 4.69) is 35.4 Å². The summed E-state index contributed by atoms with van der Waals surface area (Å²) in [7, 11) is 3.66. The molecule has 1 aliphatic heterocycles. The Morgan fingerprint density at radius 3 is 2.76 bits per heavy atom. The Morgan fingerprint density at radius 2 is 1.91 bits per heavy atom. The number of halogens is 1. The number of nitrogens with zero attached hydrogens (tertiary/aromatic N) is 7. The van der Waals surface area contributed by atoms with Crippen LogP contribution in [0, 0.1) is 5.82 Å². The first-order valence-electron chi connectivity index (χ1n) is 15.2. The van der Waals surface area contributed by atoms with E-state index in [-0.39, 0.29) is 18.3 Å². The molecular weight excluding hydrogens is 587 g/mol. The number of aromatic amines is 2. The number of likely N-dealkylation sites (tertiary alicyclic amines) is 1. The zero-order valence-electron chi connectivity index (χ0n) is 25.5. The van der Waals surface area contributed by atoms with E-state index in [1.54, 1.807) is 23.5 Å². The number of anilines is 1. The predicted molar refractivity (Wildman–Crippen MR) is 174 cm³/mol. The number of hydrogen-bond donors (Lipinski definition) is 3. The summed E-state index contributed by atoms with van der Waals surface area (Å²) in [6.07, 6.45) is 7.37. The number of carbonyl (C=O) groups excluding carboxylic acids is 1. The number of pyridine rings is 3. The van der Waals surface area contributed by atoms with E-state index in [1.807, 2.05) is 44.4 Å². The Bertz CT molecular complexity index is 2030. The number of H-pyrrole nitrogens is 2. The molecule has 5 aromatic heterocycles. The Hall–Kier alpha value is -5.27. The van der Waals surface area contributed by atoms with E-state index >= 15 is 0 Å². The first kappa shape index (κ1) is 29.4. The van der Waals surface area contributed by atoms with Crippen LogP contribution in [0.15, 0.2) is 61.1 Å². The standard InChI is InChI=1S/C33H33FN10O2/c1-43(2)19-28(45)37-23-14-21(17-35-18-23)26-5-6-27-30(38-26)31(42-41-27)33-39-29-25(7-8-36-32(29)40-33)20-13-22(34)16-24(15-20)46-12-11-44-9-3-4-10-44/h5-8,13-18H,3-4,9-12,19H2,1-2H3,(H,37,45)(H,41,42)(H,36,39,40). The van der Waals surface area contributed by atoms with Gasteiger partial charge in [0.05, 0.1) is 29.6 Å². The number of amides is 1. The largest absolute Gasteiger partial charge is 0.492 e. The van der Waals surface area contributed by atoms with Crippen molar-refractivity contribution in [3.8, 4) is 39.7 Å². The molecule has 0 bridgehead atoms. The van der Waals surface area contributed by atoms with Gasteiger partial charge in [0.1, 0.15) is 29.2 Å². The van der Waals surface area contributed by atoms with Crippen LogP contribution in [0.1, 0.15) is 12.8 Å². The van der Waals surface area contributed by atoms with Gasteiger partial charge in [-0.05, 0) is 82.0 Å². The lowest BCUT2D eigenvalue weighted by molar-refractivity contribution is -0.116. The van der Waals surface area contributed by atoms with Gasteiger partial charge in [-0.15, -0.1) is 0 Å². The van der Waals surface area contributed by atoms with Gasteiger partial charge in [-0.1, -0.05) is 0 Å². The van der Waals surface area contributed by atoms with Gasteiger partial charge in [-0.3, -0.25) is 19.8 Å². The highest BCUT2D eigenvalue weighted by atomic mass is 19.1. The van der Waals surface area contributed by atoms with Crippen LogP contribution in [0.4, 0.5) is 10.1 Å². The third kappa shape index (κ3) is 6.28. The molecule has 0 saturated carbocycles. The van der Waals surface area contributed by atoms with Crippen molar-refractivity contribution in [3.05, 3.63) is 66.9 Å². The molecule has 46 heavy (non-hydrogen) atoms. The molecule has 0 radical (unpaired) electrons. The Labute approximate surface area is 264 Å². The van der Waals surface area contributed by atoms with E-state index < -0.39 is 0 Å². The topological polar surface area (TPSA) is 141 Å². The molecule has 1 aliphatic rings. The average Bonchev–Trinajstić information content (AvgIpc) is 3.80. The minimum atomic E-state index is -0.389. The van der Waals surface area contributed by atoms with E-state index in [9.17, 15) is 9.18 Å². The summed E-state index contributed by atoms with van der Waals surface area (Å²) in [6, 6.07) is 12.1. The number of nitrogens with one attached hydrogen (secondary N) is 3. The highest BCUT2D eigenvalue weighted by Crippen LogP contribution is 2.33. The van der Waals surface area contributed by atoms with Gasteiger partial charge in [0, 0.05) is 36.1 Å². The van der Waals surface area contributed by atoms with E-state index in [4.69, 9.17) is 14.7 Å². The van der Waals surface area contributed by atoms with Gasteiger partial charge >= 0.3 is 0 Å². The Kier molecular flexibility index (Phi) is 8.07. The third-order valence-electron chi connectivity index (χ3n) is 7.85. The second kappa shape index (κ2) is 12.6. The van der Waals surface area contributed by atoms with Crippen LogP contribution in [0.5, 0.6) is 5.75 Å². The summed E-state index contributed by atoms with van der Waals surface area (Å²) < 4.78 is 20.7. The van der Waals surface area contributed by atoms with Crippen LogP contribution in [-0.2, 0) is 4.79 Å². The zero-order valence-corrected chi connectivity index (χ0v) is 25.5. The molecule has 0 atom stereocenters. The number of aromatic nitrogens is 7. The first-order chi connectivity index (χ1) is 22.4. The minimum absolute atomic E-state index is 0.137. The van der Waals surface area contributed by atoms with Crippen LogP contribution < -0.4 is 10.1 Å². The molecule has 13 heteroatoms. The molecular formula is C33H33FN10O2. The Morgan fingerprint density at radius 1 is 1.04 bits per heavy atom. The van der Waals surface area contributed by atoms with E-state index in [0.29, 0.717) is 63.1 Å². The molecule has 6 heterocycles. The lowest BCUT2D eigenvalue weighted by Crippen LogP contribution is -2.27. The van der Waals surface area contributed by atoms with Crippen molar-refractivity contribution in [2.24, 2.45) is 0 Å². The maximum absolute atomic E-state index is 14.8. The molecule has 1 saturated heterocycles. The van der Waals surface area contributed by atoms with Crippen LogP contribution in [0.25, 0.3) is 56.1 Å². The number of likely N-dealkylation sites (N-methyl/N-ethyl adjacent to an activating group) is 1. The van der Waals surface area contributed by atoms with Gasteiger partial charge in [0.2, 0.25) is 5.91 Å². The zero-order chi connectivity index (χ0) is 31.6. The molecule has 1 amide bonds. The van der Waals surface area contributed by atoms with Crippen LogP contribution in [0.3, 0.4) is 0 Å². The second-order valence-corrected chi connectivity index (χ2v) is 11.6. The number of imidazole rings is 1. The molecule has 6 aromatic rings. The van der Waals surface area contributed by atoms with Gasteiger partial charge in [-0.2, -0.15) is 5.10 Å². The fraction of sp³-hybridized carbons (Fsp3) is 0.273. The number of hydrogen-bond acceptors (Lipinski definition) is 9. The molecule has 1 aromatic carbocycles. The first-order valence-corrected chi connectivity index (χ1v) is 15.2. The third-order valence-corrected chi connectivity index (χ3v) is 7.85. The molecule has 3 N–H and O–H groups in total. The second-order valence-electron chi connectivity index (χ2n) is 11.6. The molecule has 7 rings (SSSR count). The van der Waals surface area contributed by atoms with Gasteiger partial charge in [-0.25, -0.2) is 19.3 Å². The molecule has 0 aliphatic carbocycles. The maximum atomic E-state index is 14.8. The highest BCUT2D eigenvalue weighted by molar-refractivity contribution is 5.95. The minimum Gasteiger partial charge on any atom is -0.492 e. The molecule has 0 spiro atoms. The van der Waals surface area contributed by atoms with Crippen LogP contribution >= 0.6 is 0 Å². The average molecular weight is 621 g/mol. The summed E-state index contributed by atoms with van der Waals surface area (Å²) in [5.41, 5.74) is 6.24. The summed E-state index contributed by atoms with van der Waals surface area (Å²) in [6.45, 7) is 3.73. The van der Waals surface area contributed by atoms with Gasteiger partial charge in [0.25, 0.3) is 0 Å². The van der Waals surface area contributed by atoms with Crippen molar-refractivity contribution in [2.45, 2.75) is 12.8 Å².